The maximum atomic E-state index is 6.87. The minimum Gasteiger partial charge on any atom is -0.398 e. The normalized spacial score (nSPS) is 11.1. The van der Waals surface area contributed by atoms with Crippen LogP contribution in [0.5, 0.6) is 0 Å². The van der Waals surface area contributed by atoms with E-state index < -0.39 is 0 Å². The lowest BCUT2D eigenvalue weighted by Gasteiger charge is -2.25. The Morgan fingerprint density at radius 2 is 1.40 bits per heavy atom. The van der Waals surface area contributed by atoms with Crippen molar-refractivity contribution in [1.82, 2.24) is 0 Å². The van der Waals surface area contributed by atoms with Crippen LogP contribution in [-0.2, 0) is 12.8 Å². The summed E-state index contributed by atoms with van der Waals surface area (Å²) in [5, 5.41) is 3.39. The van der Waals surface area contributed by atoms with E-state index in [1.54, 1.807) is 11.3 Å². The van der Waals surface area contributed by atoms with E-state index in [4.69, 9.17) is 34.7 Å². The molecule has 0 radical (unpaired) electrons. The molecule has 3 rings (SSSR count). The Labute approximate surface area is 192 Å². The summed E-state index contributed by atoms with van der Waals surface area (Å²) in [5.41, 5.74) is 19.9. The molecule has 4 N–H and O–H groups in total. The van der Waals surface area contributed by atoms with Gasteiger partial charge in [-0.3, -0.25) is 0 Å². The zero-order chi connectivity index (χ0) is 22.0. The SMILES string of the molecule is C=CCc1cc(C(c2cccs2)c2cc(CC=C)c(N)c(C)c2Cl)c(Cl)c(C)c1N. The van der Waals surface area contributed by atoms with Gasteiger partial charge in [-0.1, -0.05) is 53.6 Å². The lowest BCUT2D eigenvalue weighted by Crippen LogP contribution is -2.10. The molecule has 0 bridgehead atoms. The van der Waals surface area contributed by atoms with E-state index in [2.05, 4.69) is 36.7 Å². The number of nitrogen functional groups attached to an aromatic ring is 2. The van der Waals surface area contributed by atoms with E-state index in [1.165, 1.54) is 0 Å². The van der Waals surface area contributed by atoms with Gasteiger partial charge in [0.1, 0.15) is 0 Å². The molecule has 0 fully saturated rings. The average molecular weight is 457 g/mol. The predicted molar refractivity (Wildman–Crippen MR) is 134 cm³/mol. The number of anilines is 2. The van der Waals surface area contributed by atoms with Crippen molar-refractivity contribution in [3.8, 4) is 0 Å². The summed E-state index contributed by atoms with van der Waals surface area (Å²) in [6.07, 6.45) is 5.05. The largest absolute Gasteiger partial charge is 0.398 e. The fourth-order valence-corrected chi connectivity index (χ4v) is 5.20. The van der Waals surface area contributed by atoms with Crippen LogP contribution in [0.3, 0.4) is 0 Å². The van der Waals surface area contributed by atoms with Gasteiger partial charge in [0.2, 0.25) is 0 Å². The molecule has 0 aliphatic heterocycles. The van der Waals surface area contributed by atoms with Crippen molar-refractivity contribution >= 4 is 45.9 Å². The van der Waals surface area contributed by atoms with Gasteiger partial charge in [-0.15, -0.1) is 24.5 Å². The Morgan fingerprint density at radius 3 is 1.77 bits per heavy atom. The number of halogens is 2. The molecule has 0 unspecified atom stereocenters. The summed E-state index contributed by atoms with van der Waals surface area (Å²) in [7, 11) is 0. The highest BCUT2D eigenvalue weighted by molar-refractivity contribution is 7.10. The van der Waals surface area contributed by atoms with Gasteiger partial charge in [0.25, 0.3) is 0 Å². The first-order chi connectivity index (χ1) is 14.3. The minimum absolute atomic E-state index is 0.129. The van der Waals surface area contributed by atoms with Gasteiger partial charge in [-0.25, -0.2) is 0 Å². The number of nitrogens with two attached hydrogens (primary N) is 2. The molecule has 0 saturated carbocycles. The molecule has 2 aromatic carbocycles. The molecule has 0 amide bonds. The lowest BCUT2D eigenvalue weighted by molar-refractivity contribution is 0.985. The number of hydrogen-bond donors (Lipinski definition) is 2. The molecule has 2 nitrogen and oxygen atoms in total. The number of hydrogen-bond acceptors (Lipinski definition) is 3. The van der Waals surface area contributed by atoms with Gasteiger partial charge >= 0.3 is 0 Å². The standard InChI is InChI=1S/C25H26Cl2N2S/c1-5-8-16-12-18(22(26)14(3)24(16)28)21(20-10-7-11-30-20)19-13-17(9-6-2)25(29)15(4)23(19)27/h5-7,10-13,21H,1-2,8-9,28-29H2,3-4H3. The van der Waals surface area contributed by atoms with Crippen LogP contribution in [0, 0.1) is 13.8 Å². The second-order valence-electron chi connectivity index (χ2n) is 7.39. The van der Waals surface area contributed by atoms with Gasteiger partial charge in [0.05, 0.1) is 0 Å². The molecule has 1 aromatic heterocycles. The van der Waals surface area contributed by atoms with Gasteiger partial charge < -0.3 is 11.5 Å². The van der Waals surface area contributed by atoms with Crippen molar-refractivity contribution in [1.29, 1.82) is 0 Å². The Kier molecular flexibility index (Phi) is 6.97. The second kappa shape index (κ2) is 9.30. The first-order valence-corrected chi connectivity index (χ1v) is 11.3. The maximum absolute atomic E-state index is 6.87. The zero-order valence-corrected chi connectivity index (χ0v) is 19.6. The third-order valence-corrected chi connectivity index (χ3v) is 7.44. The third-order valence-electron chi connectivity index (χ3n) is 5.50. The van der Waals surface area contributed by atoms with Crippen LogP contribution >= 0.6 is 34.5 Å². The molecule has 0 aliphatic carbocycles. The molecular formula is C25H26Cl2N2S. The van der Waals surface area contributed by atoms with Crippen LogP contribution < -0.4 is 11.5 Å². The third kappa shape index (κ3) is 4.02. The molecular weight excluding hydrogens is 431 g/mol. The fraction of sp³-hybridized carbons (Fsp3) is 0.200. The summed E-state index contributed by atoms with van der Waals surface area (Å²) in [5.74, 6) is -0.129. The highest BCUT2D eigenvalue weighted by atomic mass is 35.5. The monoisotopic (exact) mass is 456 g/mol. The molecule has 0 atom stereocenters. The Bertz CT molecular complexity index is 1030. The molecule has 30 heavy (non-hydrogen) atoms. The predicted octanol–water partition coefficient (Wildman–Crippen LogP) is 7.47. The minimum atomic E-state index is -0.129. The molecule has 0 saturated heterocycles. The van der Waals surface area contributed by atoms with Crippen molar-refractivity contribution in [2.45, 2.75) is 32.6 Å². The zero-order valence-electron chi connectivity index (χ0n) is 17.3. The second-order valence-corrected chi connectivity index (χ2v) is 9.12. The molecule has 1 heterocycles. The number of benzene rings is 2. The lowest BCUT2D eigenvalue weighted by atomic mass is 9.84. The molecule has 0 spiro atoms. The molecule has 3 aromatic rings. The molecule has 156 valence electrons. The summed E-state index contributed by atoms with van der Waals surface area (Å²) in [4.78, 5) is 1.15. The Balaban J connectivity index is 2.36. The quantitative estimate of drug-likeness (QED) is 0.286. The van der Waals surface area contributed by atoms with Crippen LogP contribution in [-0.4, -0.2) is 0 Å². The van der Waals surface area contributed by atoms with E-state index in [0.29, 0.717) is 34.3 Å². The van der Waals surface area contributed by atoms with E-state index >= 15 is 0 Å². The van der Waals surface area contributed by atoms with E-state index in [-0.39, 0.29) is 5.92 Å². The van der Waals surface area contributed by atoms with Crippen LogP contribution in [0.1, 0.15) is 44.2 Å². The topological polar surface area (TPSA) is 52.0 Å². The number of rotatable bonds is 7. The maximum Gasteiger partial charge on any atom is 0.0497 e. The smallest absolute Gasteiger partial charge is 0.0497 e. The number of allylic oxidation sites excluding steroid dienone is 2. The van der Waals surface area contributed by atoms with Crippen molar-refractivity contribution in [3.63, 3.8) is 0 Å². The van der Waals surface area contributed by atoms with Gasteiger partial charge in [-0.05, 0) is 71.5 Å². The Morgan fingerprint density at radius 1 is 0.933 bits per heavy atom. The van der Waals surface area contributed by atoms with E-state index in [0.717, 1.165) is 38.3 Å². The first kappa shape index (κ1) is 22.5. The van der Waals surface area contributed by atoms with Gasteiger partial charge in [0.15, 0.2) is 0 Å². The molecule has 0 aliphatic rings. The summed E-state index contributed by atoms with van der Waals surface area (Å²) >= 11 is 15.4. The summed E-state index contributed by atoms with van der Waals surface area (Å²) < 4.78 is 0. The van der Waals surface area contributed by atoms with Crippen LogP contribution in [0.25, 0.3) is 0 Å². The summed E-state index contributed by atoms with van der Waals surface area (Å²) in [6.45, 7) is 11.6. The van der Waals surface area contributed by atoms with Crippen LogP contribution in [0.15, 0.2) is 55.0 Å². The highest BCUT2D eigenvalue weighted by Gasteiger charge is 2.27. The van der Waals surface area contributed by atoms with Crippen molar-refractivity contribution in [2.24, 2.45) is 0 Å². The average Bonchev–Trinajstić information content (AvgIpc) is 3.26. The number of thiophene rings is 1. The van der Waals surface area contributed by atoms with Crippen LogP contribution in [0.4, 0.5) is 11.4 Å². The van der Waals surface area contributed by atoms with Crippen molar-refractivity contribution in [2.75, 3.05) is 11.5 Å². The van der Waals surface area contributed by atoms with E-state index in [9.17, 15) is 0 Å². The Hall–Kier alpha value is -2.20. The van der Waals surface area contributed by atoms with Gasteiger partial charge in [-0.2, -0.15) is 0 Å². The molecule has 5 heteroatoms. The van der Waals surface area contributed by atoms with E-state index in [1.807, 2.05) is 32.1 Å². The van der Waals surface area contributed by atoms with Crippen molar-refractivity contribution in [3.05, 3.63) is 103 Å². The van der Waals surface area contributed by atoms with Crippen molar-refractivity contribution < 1.29 is 0 Å². The van der Waals surface area contributed by atoms with Crippen LogP contribution in [0.2, 0.25) is 10.0 Å². The fourth-order valence-electron chi connectivity index (χ4n) is 3.81. The van der Waals surface area contributed by atoms with Gasteiger partial charge in [0, 0.05) is 32.2 Å². The summed E-state index contributed by atoms with van der Waals surface area (Å²) in [6, 6.07) is 8.33. The first-order valence-electron chi connectivity index (χ1n) is 9.71. The highest BCUT2D eigenvalue weighted by Crippen LogP contribution is 2.45.